The Morgan fingerprint density at radius 2 is 2.00 bits per heavy atom. The third-order valence-corrected chi connectivity index (χ3v) is 5.74. The molecule has 0 bridgehead atoms. The molecule has 26 heavy (non-hydrogen) atoms. The minimum atomic E-state index is -0.357. The Labute approximate surface area is 157 Å². The number of hydrogen-bond acceptors (Lipinski definition) is 5. The number of carbonyl (C=O) groups excluding carboxylic acids is 2. The van der Waals surface area contributed by atoms with Crippen molar-refractivity contribution in [2.45, 2.75) is 33.1 Å². The molecule has 0 radical (unpaired) electrons. The lowest BCUT2D eigenvalue weighted by molar-refractivity contribution is 0.0526. The molecule has 1 atom stereocenters. The summed E-state index contributed by atoms with van der Waals surface area (Å²) in [5.74, 6) is 0.671. The van der Waals surface area contributed by atoms with E-state index in [0.717, 1.165) is 24.8 Å². The van der Waals surface area contributed by atoms with Crippen molar-refractivity contribution in [2.75, 3.05) is 19.0 Å². The SMILES string of the molecule is CCOC(=O)c1c(NC(=O)c2ccc(OC)cc2)sc2c1CC[C@@H](C)C2. The molecule has 2 aromatic rings. The van der Waals surface area contributed by atoms with E-state index in [1.165, 1.54) is 16.2 Å². The summed E-state index contributed by atoms with van der Waals surface area (Å²) in [4.78, 5) is 26.3. The maximum absolute atomic E-state index is 12.6. The average molecular weight is 373 g/mol. The Balaban J connectivity index is 1.90. The highest BCUT2D eigenvalue weighted by molar-refractivity contribution is 7.17. The van der Waals surface area contributed by atoms with Crippen LogP contribution in [0.2, 0.25) is 0 Å². The summed E-state index contributed by atoms with van der Waals surface area (Å²) in [7, 11) is 1.58. The zero-order valence-electron chi connectivity index (χ0n) is 15.3. The van der Waals surface area contributed by atoms with E-state index in [-0.39, 0.29) is 11.9 Å². The number of fused-ring (bicyclic) bond motifs is 1. The van der Waals surface area contributed by atoms with Gasteiger partial charge in [-0.05, 0) is 61.9 Å². The second-order valence-electron chi connectivity index (χ2n) is 6.46. The number of benzene rings is 1. The first-order valence-electron chi connectivity index (χ1n) is 8.80. The largest absolute Gasteiger partial charge is 0.497 e. The van der Waals surface area contributed by atoms with Crippen LogP contribution in [-0.4, -0.2) is 25.6 Å². The second kappa shape index (κ2) is 7.91. The van der Waals surface area contributed by atoms with E-state index in [0.29, 0.717) is 34.4 Å². The summed E-state index contributed by atoms with van der Waals surface area (Å²) in [6.07, 6.45) is 2.83. The molecule has 0 fully saturated rings. The molecule has 6 heteroatoms. The highest BCUT2D eigenvalue weighted by Crippen LogP contribution is 2.40. The average Bonchev–Trinajstić information content (AvgIpc) is 2.98. The number of ether oxygens (including phenoxy) is 2. The van der Waals surface area contributed by atoms with Crippen LogP contribution >= 0.6 is 11.3 Å². The highest BCUT2D eigenvalue weighted by atomic mass is 32.1. The summed E-state index contributed by atoms with van der Waals surface area (Å²) < 4.78 is 10.4. The lowest BCUT2D eigenvalue weighted by Crippen LogP contribution is -2.16. The van der Waals surface area contributed by atoms with Crippen molar-refractivity contribution in [3.8, 4) is 5.75 Å². The number of anilines is 1. The fourth-order valence-corrected chi connectivity index (χ4v) is 4.57. The van der Waals surface area contributed by atoms with Gasteiger partial charge in [-0.1, -0.05) is 6.92 Å². The number of methoxy groups -OCH3 is 1. The minimum absolute atomic E-state index is 0.246. The summed E-state index contributed by atoms with van der Waals surface area (Å²) in [5.41, 5.74) is 2.08. The zero-order chi connectivity index (χ0) is 18.7. The van der Waals surface area contributed by atoms with Gasteiger partial charge in [-0.15, -0.1) is 11.3 Å². The van der Waals surface area contributed by atoms with Crippen LogP contribution < -0.4 is 10.1 Å². The van der Waals surface area contributed by atoms with Crippen LogP contribution in [0.15, 0.2) is 24.3 Å². The molecule has 1 aromatic heterocycles. The third-order valence-electron chi connectivity index (χ3n) is 4.57. The Bertz CT molecular complexity index is 810. The van der Waals surface area contributed by atoms with E-state index < -0.39 is 0 Å². The van der Waals surface area contributed by atoms with Gasteiger partial charge in [-0.2, -0.15) is 0 Å². The maximum atomic E-state index is 12.6. The van der Waals surface area contributed by atoms with E-state index in [9.17, 15) is 9.59 Å². The summed E-state index contributed by atoms with van der Waals surface area (Å²) >= 11 is 1.49. The number of carbonyl (C=O) groups is 2. The van der Waals surface area contributed by atoms with Crippen LogP contribution in [0, 0.1) is 5.92 Å². The monoisotopic (exact) mass is 373 g/mol. The standard InChI is InChI=1S/C20H23NO4S/c1-4-25-20(23)17-15-10-5-12(2)11-16(15)26-19(17)21-18(22)13-6-8-14(24-3)9-7-13/h6-9,12H,4-5,10-11H2,1-3H3,(H,21,22)/t12-/m1/s1. The normalized spacial score (nSPS) is 15.9. The van der Waals surface area contributed by atoms with Gasteiger partial charge in [-0.25, -0.2) is 4.79 Å². The van der Waals surface area contributed by atoms with Crippen LogP contribution in [0.4, 0.5) is 5.00 Å². The molecule has 1 heterocycles. The fraction of sp³-hybridized carbons (Fsp3) is 0.400. The quantitative estimate of drug-likeness (QED) is 0.793. The van der Waals surface area contributed by atoms with Crippen molar-refractivity contribution >= 4 is 28.2 Å². The molecule has 0 aliphatic heterocycles. The van der Waals surface area contributed by atoms with E-state index >= 15 is 0 Å². The fourth-order valence-electron chi connectivity index (χ4n) is 3.18. The zero-order valence-corrected chi connectivity index (χ0v) is 16.1. The van der Waals surface area contributed by atoms with E-state index in [1.807, 2.05) is 0 Å². The second-order valence-corrected chi connectivity index (χ2v) is 7.56. The predicted molar refractivity (Wildman–Crippen MR) is 102 cm³/mol. The van der Waals surface area contributed by atoms with Crippen LogP contribution in [0.3, 0.4) is 0 Å². The Hall–Kier alpha value is -2.34. The van der Waals surface area contributed by atoms with Crippen LogP contribution in [0.1, 0.15) is 51.4 Å². The summed E-state index contributed by atoms with van der Waals surface area (Å²) in [6.45, 7) is 4.31. The van der Waals surface area contributed by atoms with Gasteiger partial charge in [0.05, 0.1) is 19.3 Å². The van der Waals surface area contributed by atoms with E-state index in [4.69, 9.17) is 9.47 Å². The first-order chi connectivity index (χ1) is 12.5. The molecule has 0 unspecified atom stereocenters. The van der Waals surface area contributed by atoms with Crippen molar-refractivity contribution in [3.63, 3.8) is 0 Å². The van der Waals surface area contributed by atoms with E-state index in [2.05, 4.69) is 12.2 Å². The lowest BCUT2D eigenvalue weighted by atomic mass is 9.88. The number of amides is 1. The third kappa shape index (κ3) is 3.75. The molecule has 3 rings (SSSR count). The Morgan fingerprint density at radius 3 is 2.65 bits per heavy atom. The number of rotatable bonds is 5. The van der Waals surface area contributed by atoms with Gasteiger partial charge in [0.25, 0.3) is 5.91 Å². The molecule has 5 nitrogen and oxygen atoms in total. The Morgan fingerprint density at radius 1 is 1.27 bits per heavy atom. The molecular weight excluding hydrogens is 350 g/mol. The minimum Gasteiger partial charge on any atom is -0.497 e. The molecule has 1 aliphatic rings. The number of esters is 1. The summed E-state index contributed by atoms with van der Waals surface area (Å²) in [6, 6.07) is 6.88. The molecule has 138 valence electrons. The maximum Gasteiger partial charge on any atom is 0.341 e. The first-order valence-corrected chi connectivity index (χ1v) is 9.62. The van der Waals surface area contributed by atoms with Crippen molar-refractivity contribution in [3.05, 3.63) is 45.8 Å². The molecule has 1 aliphatic carbocycles. The van der Waals surface area contributed by atoms with Crippen molar-refractivity contribution in [1.29, 1.82) is 0 Å². The van der Waals surface area contributed by atoms with Crippen LogP contribution in [0.5, 0.6) is 5.75 Å². The smallest absolute Gasteiger partial charge is 0.341 e. The molecule has 1 amide bonds. The van der Waals surface area contributed by atoms with Crippen molar-refractivity contribution < 1.29 is 19.1 Å². The van der Waals surface area contributed by atoms with E-state index in [1.54, 1.807) is 38.3 Å². The van der Waals surface area contributed by atoms with Crippen molar-refractivity contribution in [2.24, 2.45) is 5.92 Å². The van der Waals surface area contributed by atoms with Gasteiger partial charge in [-0.3, -0.25) is 4.79 Å². The molecule has 1 aromatic carbocycles. The molecule has 0 saturated heterocycles. The first kappa shape index (κ1) is 18.5. The van der Waals surface area contributed by atoms with Gasteiger partial charge in [0.2, 0.25) is 0 Å². The van der Waals surface area contributed by atoms with Gasteiger partial charge in [0.1, 0.15) is 10.8 Å². The summed E-state index contributed by atoms with van der Waals surface area (Å²) in [5, 5.41) is 3.50. The highest BCUT2D eigenvalue weighted by Gasteiger charge is 2.29. The molecule has 0 saturated carbocycles. The van der Waals surface area contributed by atoms with Crippen LogP contribution in [-0.2, 0) is 17.6 Å². The van der Waals surface area contributed by atoms with Gasteiger partial charge in [0.15, 0.2) is 0 Å². The number of nitrogens with one attached hydrogen (secondary N) is 1. The number of thiophene rings is 1. The topological polar surface area (TPSA) is 64.6 Å². The van der Waals surface area contributed by atoms with Crippen molar-refractivity contribution in [1.82, 2.24) is 0 Å². The Kier molecular flexibility index (Phi) is 5.61. The molecule has 0 spiro atoms. The molecule has 1 N–H and O–H groups in total. The molecular formula is C20H23NO4S. The number of hydrogen-bond donors (Lipinski definition) is 1. The van der Waals surface area contributed by atoms with Gasteiger partial charge >= 0.3 is 5.97 Å². The van der Waals surface area contributed by atoms with Gasteiger partial charge < -0.3 is 14.8 Å². The van der Waals surface area contributed by atoms with Gasteiger partial charge in [0, 0.05) is 10.4 Å². The predicted octanol–water partition coefficient (Wildman–Crippen LogP) is 4.31. The van der Waals surface area contributed by atoms with Crippen LogP contribution in [0.25, 0.3) is 0 Å². The lowest BCUT2D eigenvalue weighted by Gasteiger charge is -2.18.